The van der Waals surface area contributed by atoms with Gasteiger partial charge in [0.1, 0.15) is 23.7 Å². The zero-order chi connectivity index (χ0) is 24.8. The number of hydrogen-bond donors (Lipinski definition) is 1. The Labute approximate surface area is 205 Å². The summed E-state index contributed by atoms with van der Waals surface area (Å²) >= 11 is 0. The second kappa shape index (κ2) is 10.7. The topological polar surface area (TPSA) is 66.8 Å². The summed E-state index contributed by atoms with van der Waals surface area (Å²) in [5.41, 5.74) is 3.93. The van der Waals surface area contributed by atoms with E-state index in [9.17, 15) is 19.1 Å². The zero-order valence-electron chi connectivity index (χ0n) is 19.9. The highest BCUT2D eigenvalue weighted by molar-refractivity contribution is 5.81. The summed E-state index contributed by atoms with van der Waals surface area (Å²) in [7, 11) is 0. The number of benzene rings is 3. The summed E-state index contributed by atoms with van der Waals surface area (Å²) in [6.07, 6.45) is 2.82. The first-order valence-electron chi connectivity index (χ1n) is 11.9. The standard InChI is InChI=1S/C29H30FNO4/c1-29(18-23-5-3-2-4-6-23)19-24-17-22(9-13-26(24)35-29)10-14-27(32)31(20-28(33)34)16-15-21-7-11-25(30)12-8-21/h2-9,11-13,17H,10,14-16,18-20H2,1H3,(H,33,34). The number of fused-ring (bicyclic) bond motifs is 1. The van der Waals surface area contributed by atoms with Crippen LogP contribution in [0.5, 0.6) is 5.75 Å². The lowest BCUT2D eigenvalue weighted by molar-refractivity contribution is -0.144. The van der Waals surface area contributed by atoms with Crippen LogP contribution in [0.2, 0.25) is 0 Å². The third-order valence-corrected chi connectivity index (χ3v) is 6.36. The Morgan fingerprint density at radius 1 is 0.971 bits per heavy atom. The summed E-state index contributed by atoms with van der Waals surface area (Å²) in [5.74, 6) is -0.706. The van der Waals surface area contributed by atoms with Gasteiger partial charge in [0.15, 0.2) is 0 Å². The van der Waals surface area contributed by atoms with Crippen LogP contribution in [0.4, 0.5) is 4.39 Å². The van der Waals surface area contributed by atoms with E-state index in [1.165, 1.54) is 22.6 Å². The Kier molecular flexibility index (Phi) is 7.49. The Morgan fingerprint density at radius 3 is 2.40 bits per heavy atom. The quantitative estimate of drug-likeness (QED) is 0.455. The van der Waals surface area contributed by atoms with Crippen LogP contribution in [0.1, 0.15) is 35.6 Å². The minimum atomic E-state index is -1.05. The molecule has 1 unspecified atom stereocenters. The minimum absolute atomic E-state index is 0.208. The molecule has 0 saturated heterocycles. The average Bonchev–Trinajstić information content (AvgIpc) is 3.16. The van der Waals surface area contributed by atoms with E-state index in [-0.39, 0.29) is 36.8 Å². The predicted molar refractivity (Wildman–Crippen MR) is 132 cm³/mol. The molecule has 3 aromatic rings. The SMILES string of the molecule is CC1(Cc2ccccc2)Cc2cc(CCC(=O)N(CCc3ccc(F)cc3)CC(=O)O)ccc2O1. The molecule has 0 radical (unpaired) electrons. The fourth-order valence-electron chi connectivity index (χ4n) is 4.64. The van der Waals surface area contributed by atoms with Gasteiger partial charge < -0.3 is 14.7 Å². The minimum Gasteiger partial charge on any atom is -0.487 e. The molecule has 35 heavy (non-hydrogen) atoms. The van der Waals surface area contributed by atoms with Crippen LogP contribution < -0.4 is 4.74 Å². The van der Waals surface area contributed by atoms with E-state index >= 15 is 0 Å². The van der Waals surface area contributed by atoms with Gasteiger partial charge in [-0.05, 0) is 60.2 Å². The summed E-state index contributed by atoms with van der Waals surface area (Å²) < 4.78 is 19.4. The summed E-state index contributed by atoms with van der Waals surface area (Å²) in [4.78, 5) is 25.5. The maximum absolute atomic E-state index is 13.1. The van der Waals surface area contributed by atoms with Gasteiger partial charge in [-0.15, -0.1) is 0 Å². The molecular weight excluding hydrogens is 445 g/mol. The second-order valence-electron chi connectivity index (χ2n) is 9.42. The molecule has 182 valence electrons. The fraction of sp³-hybridized carbons (Fsp3) is 0.310. The van der Waals surface area contributed by atoms with Crippen molar-refractivity contribution >= 4 is 11.9 Å². The number of aryl methyl sites for hydroxylation is 1. The van der Waals surface area contributed by atoms with Gasteiger partial charge in [-0.25, -0.2) is 4.39 Å². The first kappa shape index (κ1) is 24.5. The van der Waals surface area contributed by atoms with Crippen molar-refractivity contribution in [3.63, 3.8) is 0 Å². The molecule has 4 rings (SSSR count). The maximum Gasteiger partial charge on any atom is 0.323 e. The molecule has 0 spiro atoms. The van der Waals surface area contributed by atoms with E-state index in [0.717, 1.165) is 35.3 Å². The van der Waals surface area contributed by atoms with Crippen molar-refractivity contribution in [2.75, 3.05) is 13.1 Å². The van der Waals surface area contributed by atoms with Crippen molar-refractivity contribution in [2.45, 2.75) is 44.6 Å². The predicted octanol–water partition coefficient (Wildman–Crippen LogP) is 4.85. The smallest absolute Gasteiger partial charge is 0.323 e. The number of halogens is 1. The molecule has 0 bridgehead atoms. The highest BCUT2D eigenvalue weighted by Crippen LogP contribution is 2.37. The molecule has 0 aliphatic carbocycles. The molecule has 1 amide bonds. The molecule has 3 aromatic carbocycles. The lowest BCUT2D eigenvalue weighted by Crippen LogP contribution is -2.37. The molecule has 1 heterocycles. The molecule has 1 aliphatic heterocycles. The van der Waals surface area contributed by atoms with Gasteiger partial charge >= 0.3 is 5.97 Å². The van der Waals surface area contributed by atoms with Crippen LogP contribution >= 0.6 is 0 Å². The third-order valence-electron chi connectivity index (χ3n) is 6.36. The molecule has 6 heteroatoms. The number of nitrogens with zero attached hydrogens (tertiary/aromatic N) is 1. The molecule has 1 atom stereocenters. The Balaban J connectivity index is 1.35. The summed E-state index contributed by atoms with van der Waals surface area (Å²) in [6, 6.07) is 22.3. The van der Waals surface area contributed by atoms with E-state index in [1.807, 2.05) is 30.3 Å². The number of hydrogen-bond acceptors (Lipinski definition) is 3. The molecule has 1 aliphatic rings. The number of amides is 1. The van der Waals surface area contributed by atoms with Gasteiger partial charge in [0.2, 0.25) is 5.91 Å². The van der Waals surface area contributed by atoms with E-state index in [1.54, 1.807) is 12.1 Å². The first-order valence-corrected chi connectivity index (χ1v) is 11.9. The molecular formula is C29H30FNO4. The highest BCUT2D eigenvalue weighted by atomic mass is 19.1. The van der Waals surface area contributed by atoms with Crippen molar-refractivity contribution in [1.29, 1.82) is 0 Å². The van der Waals surface area contributed by atoms with Gasteiger partial charge in [-0.1, -0.05) is 54.6 Å². The van der Waals surface area contributed by atoms with E-state index in [0.29, 0.717) is 12.8 Å². The molecule has 0 aromatic heterocycles. The van der Waals surface area contributed by atoms with Crippen LogP contribution in [-0.4, -0.2) is 40.6 Å². The lowest BCUT2D eigenvalue weighted by atomic mass is 9.91. The van der Waals surface area contributed by atoms with Crippen molar-refractivity contribution in [3.8, 4) is 5.75 Å². The Morgan fingerprint density at radius 2 is 1.69 bits per heavy atom. The van der Waals surface area contributed by atoms with E-state index in [2.05, 4.69) is 25.1 Å². The van der Waals surface area contributed by atoms with Crippen LogP contribution in [0.25, 0.3) is 0 Å². The van der Waals surface area contributed by atoms with Crippen LogP contribution in [0.3, 0.4) is 0 Å². The summed E-state index contributed by atoms with van der Waals surface area (Å²) in [5, 5.41) is 9.25. The third kappa shape index (κ3) is 6.69. The number of carboxylic acid groups (broad SMARTS) is 1. The monoisotopic (exact) mass is 475 g/mol. The number of rotatable bonds is 10. The van der Waals surface area contributed by atoms with Crippen LogP contribution in [0.15, 0.2) is 72.8 Å². The normalized spacial score (nSPS) is 16.4. The molecule has 0 fully saturated rings. The average molecular weight is 476 g/mol. The maximum atomic E-state index is 13.1. The van der Waals surface area contributed by atoms with Gasteiger partial charge in [-0.2, -0.15) is 0 Å². The zero-order valence-corrected chi connectivity index (χ0v) is 19.9. The van der Waals surface area contributed by atoms with Gasteiger partial charge in [-0.3, -0.25) is 9.59 Å². The highest BCUT2D eigenvalue weighted by Gasteiger charge is 2.35. The number of aliphatic carboxylic acids is 1. The van der Waals surface area contributed by atoms with Crippen molar-refractivity contribution in [2.24, 2.45) is 0 Å². The molecule has 1 N–H and O–H groups in total. The van der Waals surface area contributed by atoms with E-state index < -0.39 is 5.97 Å². The number of carbonyl (C=O) groups excluding carboxylic acids is 1. The van der Waals surface area contributed by atoms with Crippen molar-refractivity contribution in [3.05, 3.63) is 101 Å². The number of carboxylic acids is 1. The van der Waals surface area contributed by atoms with Crippen LogP contribution in [-0.2, 0) is 35.3 Å². The molecule has 0 saturated carbocycles. The lowest BCUT2D eigenvalue weighted by Gasteiger charge is -2.24. The van der Waals surface area contributed by atoms with Gasteiger partial charge in [0.05, 0.1) is 0 Å². The molecule has 5 nitrogen and oxygen atoms in total. The van der Waals surface area contributed by atoms with Crippen molar-refractivity contribution < 1.29 is 23.8 Å². The second-order valence-corrected chi connectivity index (χ2v) is 9.42. The van der Waals surface area contributed by atoms with E-state index in [4.69, 9.17) is 4.74 Å². The summed E-state index contributed by atoms with van der Waals surface area (Å²) in [6.45, 7) is 2.04. The van der Waals surface area contributed by atoms with Crippen molar-refractivity contribution in [1.82, 2.24) is 4.90 Å². The fourth-order valence-corrected chi connectivity index (χ4v) is 4.64. The first-order chi connectivity index (χ1) is 16.8. The number of carbonyl (C=O) groups is 2. The van der Waals surface area contributed by atoms with Crippen LogP contribution in [0, 0.1) is 5.82 Å². The van der Waals surface area contributed by atoms with Gasteiger partial charge in [0.25, 0.3) is 0 Å². The Hall–Kier alpha value is -3.67. The largest absolute Gasteiger partial charge is 0.487 e. The Bertz CT molecular complexity index is 1180. The van der Waals surface area contributed by atoms with Gasteiger partial charge in [0, 0.05) is 25.8 Å². The number of ether oxygens (including phenoxy) is 1.